The van der Waals surface area contributed by atoms with Crippen LogP contribution in [-0.4, -0.2) is 25.3 Å². The molecule has 0 bridgehead atoms. The van der Waals surface area contributed by atoms with Gasteiger partial charge in [0, 0.05) is 12.3 Å². The van der Waals surface area contributed by atoms with Crippen LogP contribution in [0.4, 0.5) is 18.0 Å². The molecule has 1 aliphatic rings. The van der Waals surface area contributed by atoms with Crippen LogP contribution >= 0.6 is 0 Å². The van der Waals surface area contributed by atoms with Crippen molar-refractivity contribution < 1.29 is 27.6 Å². The van der Waals surface area contributed by atoms with Crippen molar-refractivity contribution in [2.45, 2.75) is 51.7 Å². The number of alkyl carbamates (subject to hydrolysis) is 2. The van der Waals surface area contributed by atoms with E-state index in [0.29, 0.717) is 17.5 Å². The third-order valence-corrected chi connectivity index (χ3v) is 5.11. The number of hydrogen-bond donors (Lipinski definition) is 1. The predicted octanol–water partition coefficient (Wildman–Crippen LogP) is 4.34. The zero-order chi connectivity index (χ0) is 19.2. The number of rotatable bonds is 5. The lowest BCUT2D eigenvalue weighted by atomic mass is 9.90. The molecule has 1 amide bonds. The van der Waals surface area contributed by atoms with Gasteiger partial charge in [-0.3, -0.25) is 0 Å². The highest BCUT2D eigenvalue weighted by Crippen LogP contribution is 2.29. The molecule has 0 aromatic heterocycles. The summed E-state index contributed by atoms with van der Waals surface area (Å²) in [6.45, 7) is 5.23. The lowest BCUT2D eigenvalue weighted by Gasteiger charge is -2.32. The second kappa shape index (κ2) is 9.21. The first-order chi connectivity index (χ1) is 12.3. The summed E-state index contributed by atoms with van der Waals surface area (Å²) in [5.41, 5.74) is -0.0392. The molecule has 1 saturated heterocycles. The van der Waals surface area contributed by atoms with Crippen molar-refractivity contribution in [3.05, 3.63) is 41.5 Å². The SMILES string of the molecule is CCC(C)C1CCCC[NH+]1C(=O)OCC=Cc1ccc(C(F)(F)F)cc1. The Kier molecular flexibility index (Phi) is 7.26. The molecular formula is C20H27F3NO2+. The fourth-order valence-corrected chi connectivity index (χ4v) is 3.39. The van der Waals surface area contributed by atoms with Gasteiger partial charge in [0.15, 0.2) is 0 Å². The minimum atomic E-state index is -4.33. The van der Waals surface area contributed by atoms with E-state index in [-0.39, 0.29) is 12.7 Å². The van der Waals surface area contributed by atoms with E-state index in [1.54, 1.807) is 12.2 Å². The van der Waals surface area contributed by atoms with Crippen LogP contribution in [-0.2, 0) is 10.9 Å². The maximum absolute atomic E-state index is 12.5. The molecule has 6 heteroatoms. The van der Waals surface area contributed by atoms with Gasteiger partial charge < -0.3 is 4.74 Å². The first-order valence-electron chi connectivity index (χ1n) is 9.19. The number of hydrogen-bond acceptors (Lipinski definition) is 2. The van der Waals surface area contributed by atoms with Crippen molar-refractivity contribution >= 4 is 12.2 Å². The summed E-state index contributed by atoms with van der Waals surface area (Å²) >= 11 is 0. The smallest absolute Gasteiger partial charge is 0.416 e. The molecule has 0 aliphatic carbocycles. The number of quaternary nitrogens is 1. The van der Waals surface area contributed by atoms with Crippen LogP contribution in [0.2, 0.25) is 0 Å². The van der Waals surface area contributed by atoms with E-state index >= 15 is 0 Å². The van der Waals surface area contributed by atoms with Gasteiger partial charge in [-0.15, -0.1) is 0 Å². The molecular weight excluding hydrogens is 343 g/mol. The molecule has 3 nitrogen and oxygen atoms in total. The Morgan fingerprint density at radius 2 is 2.00 bits per heavy atom. The van der Waals surface area contributed by atoms with E-state index in [2.05, 4.69) is 13.8 Å². The molecule has 1 heterocycles. The van der Waals surface area contributed by atoms with Gasteiger partial charge >= 0.3 is 12.3 Å². The van der Waals surface area contributed by atoms with Crippen LogP contribution in [0.5, 0.6) is 0 Å². The van der Waals surface area contributed by atoms with Gasteiger partial charge in [-0.2, -0.15) is 18.0 Å². The molecule has 1 aromatic rings. The van der Waals surface area contributed by atoms with Crippen LogP contribution in [0.15, 0.2) is 30.3 Å². The minimum Gasteiger partial charge on any atom is -0.416 e. The number of halogens is 3. The maximum atomic E-state index is 12.5. The average Bonchev–Trinajstić information content (AvgIpc) is 2.64. The summed E-state index contributed by atoms with van der Waals surface area (Å²) in [4.78, 5) is 13.3. The molecule has 2 rings (SSSR count). The molecule has 0 saturated carbocycles. The lowest BCUT2D eigenvalue weighted by Crippen LogP contribution is -3.19. The standard InChI is InChI=1S/C20H26F3NO2/c1-3-15(2)18-8-4-5-13-24(18)19(25)26-14-6-7-16-9-11-17(12-10-16)20(21,22)23/h6-7,9-12,15,18H,3-5,8,13-14H2,1-2H3/p+1. The normalized spacial score (nSPS) is 22.3. The van der Waals surface area contributed by atoms with Crippen LogP contribution in [0.25, 0.3) is 6.08 Å². The third kappa shape index (κ3) is 5.59. The Morgan fingerprint density at radius 1 is 1.31 bits per heavy atom. The molecule has 3 atom stereocenters. The zero-order valence-electron chi connectivity index (χ0n) is 15.3. The fraction of sp³-hybridized carbons (Fsp3) is 0.550. The van der Waals surface area contributed by atoms with E-state index in [9.17, 15) is 18.0 Å². The molecule has 1 aliphatic heterocycles. The summed E-state index contributed by atoms with van der Waals surface area (Å²) in [5.74, 6) is 0.473. The number of likely N-dealkylation sites (tertiary alicyclic amines) is 1. The predicted molar refractivity (Wildman–Crippen MR) is 94.7 cm³/mol. The summed E-state index contributed by atoms with van der Waals surface area (Å²) in [6, 6.07) is 5.19. The van der Waals surface area contributed by atoms with Gasteiger partial charge in [-0.05, 0) is 43.0 Å². The molecule has 0 radical (unpaired) electrons. The first-order valence-corrected chi connectivity index (χ1v) is 9.19. The zero-order valence-corrected chi connectivity index (χ0v) is 15.3. The Hall–Kier alpha value is -1.82. The monoisotopic (exact) mass is 370 g/mol. The second-order valence-electron chi connectivity index (χ2n) is 6.88. The average molecular weight is 370 g/mol. The third-order valence-electron chi connectivity index (χ3n) is 5.11. The largest absolute Gasteiger partial charge is 0.514 e. The maximum Gasteiger partial charge on any atom is 0.514 e. The number of carbonyl (C=O) groups is 1. The summed E-state index contributed by atoms with van der Waals surface area (Å²) in [7, 11) is 0. The molecule has 1 fully saturated rings. The van der Waals surface area contributed by atoms with Crippen molar-refractivity contribution in [3.63, 3.8) is 0 Å². The van der Waals surface area contributed by atoms with E-state index in [0.717, 1.165) is 49.3 Å². The number of ether oxygens (including phenoxy) is 1. The molecule has 26 heavy (non-hydrogen) atoms. The van der Waals surface area contributed by atoms with E-state index < -0.39 is 11.7 Å². The van der Waals surface area contributed by atoms with Crippen molar-refractivity contribution in [1.29, 1.82) is 0 Å². The van der Waals surface area contributed by atoms with E-state index in [1.807, 2.05) is 0 Å². The number of amides is 1. The Balaban J connectivity index is 1.86. The molecule has 0 spiro atoms. The number of carbonyl (C=O) groups excluding carboxylic acids is 1. The summed E-state index contributed by atoms with van der Waals surface area (Å²) < 4.78 is 42.9. The second-order valence-corrected chi connectivity index (χ2v) is 6.88. The topological polar surface area (TPSA) is 30.7 Å². The Labute approximate surface area is 152 Å². The number of benzene rings is 1. The van der Waals surface area contributed by atoms with Crippen molar-refractivity contribution in [2.75, 3.05) is 13.2 Å². The van der Waals surface area contributed by atoms with Crippen molar-refractivity contribution in [1.82, 2.24) is 0 Å². The van der Waals surface area contributed by atoms with Gasteiger partial charge in [0.1, 0.15) is 6.61 Å². The van der Waals surface area contributed by atoms with Crippen molar-refractivity contribution in [2.24, 2.45) is 5.92 Å². The molecule has 1 N–H and O–H groups in total. The Bertz CT molecular complexity index is 610. The van der Waals surface area contributed by atoms with Gasteiger partial charge in [0.2, 0.25) is 0 Å². The van der Waals surface area contributed by atoms with E-state index in [4.69, 9.17) is 4.74 Å². The van der Waals surface area contributed by atoms with Gasteiger partial charge in [-0.1, -0.05) is 32.1 Å². The highest BCUT2D eigenvalue weighted by atomic mass is 19.4. The number of nitrogens with one attached hydrogen (secondary N) is 1. The minimum absolute atomic E-state index is 0.122. The van der Waals surface area contributed by atoms with Crippen LogP contribution in [0, 0.1) is 5.92 Å². The first kappa shape index (κ1) is 20.5. The molecule has 1 aromatic carbocycles. The number of piperidine rings is 1. The lowest BCUT2D eigenvalue weighted by molar-refractivity contribution is -0.862. The van der Waals surface area contributed by atoms with Crippen molar-refractivity contribution in [3.8, 4) is 0 Å². The van der Waals surface area contributed by atoms with Crippen LogP contribution in [0.1, 0.15) is 50.7 Å². The molecule has 3 unspecified atom stereocenters. The van der Waals surface area contributed by atoms with E-state index in [1.165, 1.54) is 12.1 Å². The number of alkyl halides is 3. The highest BCUT2D eigenvalue weighted by Gasteiger charge is 2.36. The highest BCUT2D eigenvalue weighted by molar-refractivity contribution is 5.58. The fourth-order valence-electron chi connectivity index (χ4n) is 3.39. The Morgan fingerprint density at radius 3 is 2.62 bits per heavy atom. The van der Waals surface area contributed by atoms with Crippen LogP contribution < -0.4 is 4.90 Å². The van der Waals surface area contributed by atoms with Crippen LogP contribution in [0.3, 0.4) is 0 Å². The quantitative estimate of drug-likeness (QED) is 0.836. The summed E-state index contributed by atoms with van der Waals surface area (Å²) in [6.07, 6.45) is 3.01. The van der Waals surface area contributed by atoms with Gasteiger partial charge in [-0.25, -0.2) is 4.90 Å². The van der Waals surface area contributed by atoms with Gasteiger partial charge in [0.25, 0.3) is 0 Å². The summed E-state index contributed by atoms with van der Waals surface area (Å²) in [5, 5.41) is 0. The van der Waals surface area contributed by atoms with Gasteiger partial charge in [0.05, 0.1) is 18.2 Å². The molecule has 144 valence electrons.